The average molecular weight is 405 g/mol. The van der Waals surface area contributed by atoms with Gasteiger partial charge in [-0.05, 0) is 47.4 Å². The van der Waals surface area contributed by atoms with E-state index in [2.05, 4.69) is 24.1 Å². The molecule has 3 aromatic carbocycles. The topological polar surface area (TPSA) is 55.1 Å². The van der Waals surface area contributed by atoms with Crippen molar-refractivity contribution in [3.63, 3.8) is 0 Å². The van der Waals surface area contributed by atoms with Gasteiger partial charge < -0.3 is 9.73 Å². The summed E-state index contributed by atoms with van der Waals surface area (Å²) in [6, 6.07) is 20.9. The molecule has 5 heteroatoms. The van der Waals surface area contributed by atoms with Crippen molar-refractivity contribution in [2.75, 3.05) is 5.32 Å². The molecule has 0 bridgehead atoms. The number of rotatable bonds is 5. The van der Waals surface area contributed by atoms with Crippen LogP contribution in [0.1, 0.15) is 30.9 Å². The predicted molar refractivity (Wildman–Crippen MR) is 117 cm³/mol. The van der Waals surface area contributed by atoms with E-state index < -0.39 is 0 Å². The molecule has 29 heavy (non-hydrogen) atoms. The third-order valence-electron chi connectivity index (χ3n) is 4.77. The van der Waals surface area contributed by atoms with Crippen molar-refractivity contribution < 1.29 is 9.21 Å². The first-order valence-corrected chi connectivity index (χ1v) is 9.91. The average Bonchev–Trinajstić information content (AvgIpc) is 3.13. The maximum atomic E-state index is 12.4. The highest BCUT2D eigenvalue weighted by Crippen LogP contribution is 2.33. The Morgan fingerprint density at radius 3 is 2.62 bits per heavy atom. The Labute approximate surface area is 174 Å². The largest absolute Gasteiger partial charge is 0.436 e. The smallest absolute Gasteiger partial charge is 0.228 e. The maximum Gasteiger partial charge on any atom is 0.228 e. The summed E-state index contributed by atoms with van der Waals surface area (Å²) < 4.78 is 5.92. The van der Waals surface area contributed by atoms with Gasteiger partial charge in [0.1, 0.15) is 5.52 Å². The summed E-state index contributed by atoms with van der Waals surface area (Å²) in [7, 11) is 0. The van der Waals surface area contributed by atoms with Crippen LogP contribution in [-0.2, 0) is 11.2 Å². The SMILES string of the molecule is CC(C)c1ccc2oc(-c3cc(NC(=O)Cc4ccccc4)ccc3Cl)nc2c1. The van der Waals surface area contributed by atoms with Gasteiger partial charge >= 0.3 is 0 Å². The first-order chi connectivity index (χ1) is 14.0. The van der Waals surface area contributed by atoms with Crippen LogP contribution < -0.4 is 5.32 Å². The van der Waals surface area contributed by atoms with Crippen molar-refractivity contribution in [1.29, 1.82) is 0 Å². The van der Waals surface area contributed by atoms with Crippen LogP contribution in [0.5, 0.6) is 0 Å². The fraction of sp³-hybridized carbons (Fsp3) is 0.167. The van der Waals surface area contributed by atoms with Gasteiger partial charge in [-0.2, -0.15) is 0 Å². The second-order valence-electron chi connectivity index (χ2n) is 7.31. The first kappa shape index (κ1) is 19.2. The van der Waals surface area contributed by atoms with Crippen LogP contribution in [0.25, 0.3) is 22.6 Å². The number of halogens is 1. The number of carbonyl (C=O) groups is 1. The standard InChI is InChI=1S/C24H21ClN2O2/c1-15(2)17-8-11-22-21(13-17)27-24(29-22)19-14-18(9-10-20(19)25)26-23(28)12-16-6-4-3-5-7-16/h3-11,13-15H,12H2,1-2H3,(H,26,28). The van der Waals surface area contributed by atoms with Gasteiger partial charge in [0, 0.05) is 5.69 Å². The van der Waals surface area contributed by atoms with Gasteiger partial charge in [0.25, 0.3) is 0 Å². The number of amides is 1. The number of hydrogen-bond donors (Lipinski definition) is 1. The maximum absolute atomic E-state index is 12.4. The number of hydrogen-bond acceptors (Lipinski definition) is 3. The van der Waals surface area contributed by atoms with E-state index in [1.165, 1.54) is 5.56 Å². The summed E-state index contributed by atoms with van der Waals surface area (Å²) in [6.45, 7) is 4.28. The second kappa shape index (κ2) is 8.10. The van der Waals surface area contributed by atoms with Crippen molar-refractivity contribution in [1.82, 2.24) is 4.98 Å². The lowest BCUT2D eigenvalue weighted by Gasteiger charge is -2.08. The minimum absolute atomic E-state index is 0.0939. The Balaban J connectivity index is 1.60. The number of carbonyl (C=O) groups excluding carboxylic acids is 1. The van der Waals surface area contributed by atoms with E-state index in [-0.39, 0.29) is 5.91 Å². The molecule has 0 spiro atoms. The Morgan fingerprint density at radius 2 is 1.86 bits per heavy atom. The number of oxazole rings is 1. The van der Waals surface area contributed by atoms with E-state index in [4.69, 9.17) is 16.0 Å². The summed E-state index contributed by atoms with van der Waals surface area (Å²) in [5.41, 5.74) is 4.95. The molecule has 0 aliphatic rings. The van der Waals surface area contributed by atoms with Crippen LogP contribution in [0.15, 0.2) is 71.1 Å². The quantitative estimate of drug-likeness (QED) is 0.415. The lowest BCUT2D eigenvalue weighted by Crippen LogP contribution is -2.14. The number of aromatic nitrogens is 1. The van der Waals surface area contributed by atoms with Crippen molar-refractivity contribution in [2.24, 2.45) is 0 Å². The number of benzene rings is 3. The lowest BCUT2D eigenvalue weighted by atomic mass is 10.0. The molecule has 146 valence electrons. The molecule has 4 aromatic rings. The first-order valence-electron chi connectivity index (χ1n) is 9.54. The van der Waals surface area contributed by atoms with Crippen molar-refractivity contribution >= 4 is 34.3 Å². The molecule has 0 aliphatic carbocycles. The van der Waals surface area contributed by atoms with Gasteiger partial charge in [0.15, 0.2) is 5.58 Å². The molecule has 0 fully saturated rings. The van der Waals surface area contributed by atoms with Gasteiger partial charge in [-0.15, -0.1) is 0 Å². The highest BCUT2D eigenvalue weighted by atomic mass is 35.5. The summed E-state index contributed by atoms with van der Waals surface area (Å²) in [6.07, 6.45) is 0.305. The fourth-order valence-corrected chi connectivity index (χ4v) is 3.37. The molecule has 1 heterocycles. The molecule has 1 amide bonds. The minimum atomic E-state index is -0.0939. The number of nitrogens with zero attached hydrogens (tertiary/aromatic N) is 1. The van der Waals surface area contributed by atoms with E-state index >= 15 is 0 Å². The zero-order valence-corrected chi connectivity index (χ0v) is 17.0. The molecule has 4 rings (SSSR count). The van der Waals surface area contributed by atoms with E-state index in [0.29, 0.717) is 40.1 Å². The van der Waals surface area contributed by atoms with Crippen LogP contribution in [0.3, 0.4) is 0 Å². The summed E-state index contributed by atoms with van der Waals surface area (Å²) in [5.74, 6) is 0.750. The third-order valence-corrected chi connectivity index (χ3v) is 5.10. The third kappa shape index (κ3) is 4.33. The molecule has 1 aromatic heterocycles. The highest BCUT2D eigenvalue weighted by Gasteiger charge is 2.14. The second-order valence-corrected chi connectivity index (χ2v) is 7.71. The van der Waals surface area contributed by atoms with Crippen LogP contribution in [0.2, 0.25) is 5.02 Å². The Hall–Kier alpha value is -3.11. The predicted octanol–water partition coefficient (Wildman–Crippen LogP) is 6.45. The molecule has 0 radical (unpaired) electrons. The van der Waals surface area contributed by atoms with Crippen LogP contribution >= 0.6 is 11.6 Å². The van der Waals surface area contributed by atoms with Gasteiger partial charge in [-0.1, -0.05) is 61.8 Å². The zero-order valence-electron chi connectivity index (χ0n) is 16.3. The molecule has 0 aliphatic heterocycles. The van der Waals surface area contributed by atoms with E-state index in [9.17, 15) is 4.79 Å². The van der Waals surface area contributed by atoms with Gasteiger partial charge in [-0.3, -0.25) is 4.79 Å². The van der Waals surface area contributed by atoms with Crippen molar-refractivity contribution in [3.05, 3.63) is 82.9 Å². The Bertz CT molecular complexity index is 1170. The molecule has 1 N–H and O–H groups in total. The lowest BCUT2D eigenvalue weighted by molar-refractivity contribution is -0.115. The molecule has 0 saturated carbocycles. The molecule has 4 nitrogen and oxygen atoms in total. The number of nitrogens with one attached hydrogen (secondary N) is 1. The van der Waals surface area contributed by atoms with Gasteiger partial charge in [-0.25, -0.2) is 4.98 Å². The molecule has 0 unspecified atom stereocenters. The van der Waals surface area contributed by atoms with Gasteiger partial charge in [0.2, 0.25) is 11.8 Å². The van der Waals surface area contributed by atoms with Gasteiger partial charge in [0.05, 0.1) is 17.0 Å². The number of anilines is 1. The van der Waals surface area contributed by atoms with E-state index in [1.54, 1.807) is 18.2 Å². The summed E-state index contributed by atoms with van der Waals surface area (Å²) in [4.78, 5) is 17.0. The van der Waals surface area contributed by atoms with Crippen LogP contribution in [0, 0.1) is 0 Å². The molecule has 0 saturated heterocycles. The highest BCUT2D eigenvalue weighted by molar-refractivity contribution is 6.33. The molecule has 0 atom stereocenters. The monoisotopic (exact) mass is 404 g/mol. The van der Waals surface area contributed by atoms with E-state index in [0.717, 1.165) is 11.1 Å². The molecular formula is C24H21ClN2O2. The van der Waals surface area contributed by atoms with Crippen molar-refractivity contribution in [3.8, 4) is 11.5 Å². The minimum Gasteiger partial charge on any atom is -0.436 e. The zero-order chi connectivity index (χ0) is 20.4. The van der Waals surface area contributed by atoms with Crippen LogP contribution in [0.4, 0.5) is 5.69 Å². The Morgan fingerprint density at radius 1 is 1.07 bits per heavy atom. The molecular weight excluding hydrogens is 384 g/mol. The van der Waals surface area contributed by atoms with E-state index in [1.807, 2.05) is 48.5 Å². The van der Waals surface area contributed by atoms with Crippen molar-refractivity contribution in [2.45, 2.75) is 26.2 Å². The Kier molecular flexibility index (Phi) is 5.36. The fourth-order valence-electron chi connectivity index (χ4n) is 3.17. The normalized spacial score (nSPS) is 11.2. The van der Waals surface area contributed by atoms with Crippen LogP contribution in [-0.4, -0.2) is 10.9 Å². The summed E-state index contributed by atoms with van der Waals surface area (Å²) >= 11 is 6.39. The summed E-state index contributed by atoms with van der Waals surface area (Å²) in [5, 5.41) is 3.43. The number of fused-ring (bicyclic) bond motifs is 1.